The fourth-order valence-corrected chi connectivity index (χ4v) is 4.01. The Balaban J connectivity index is 1.51. The number of halogens is 1. The molecule has 0 saturated carbocycles. The van der Waals surface area contributed by atoms with Crippen LogP contribution in [0.1, 0.15) is 34.0 Å². The smallest absolute Gasteiger partial charge is 0.283 e. The standard InChI is InChI=1S/C27H24ClN3O3/c1-4-18-9-5-6-10-21(18)30-25(32)19-12-14-20(15-13-19)29-24-23(28)26(33)31(27(24)34)22-11-7-8-16(2)17(22)3/h5-15,29H,4H2,1-3H3,(H,30,32). The molecule has 3 aromatic rings. The number of aryl methyl sites for hydroxylation is 2. The Bertz CT molecular complexity index is 1330. The van der Waals surface area contributed by atoms with Gasteiger partial charge in [-0.25, -0.2) is 4.90 Å². The van der Waals surface area contributed by atoms with Crippen molar-refractivity contribution in [3.05, 3.63) is 99.7 Å². The fraction of sp³-hybridized carbons (Fsp3) is 0.148. The van der Waals surface area contributed by atoms with Crippen molar-refractivity contribution in [3.63, 3.8) is 0 Å². The average molecular weight is 474 g/mol. The molecule has 0 spiro atoms. The minimum Gasteiger partial charge on any atom is -0.350 e. The second-order valence-corrected chi connectivity index (χ2v) is 8.40. The molecular weight excluding hydrogens is 450 g/mol. The van der Waals surface area contributed by atoms with Gasteiger partial charge in [0.1, 0.15) is 10.7 Å². The van der Waals surface area contributed by atoms with Gasteiger partial charge in [0.2, 0.25) is 0 Å². The molecule has 1 aliphatic heterocycles. The molecule has 0 aliphatic carbocycles. The van der Waals surface area contributed by atoms with E-state index in [1.54, 1.807) is 36.4 Å². The summed E-state index contributed by atoms with van der Waals surface area (Å²) in [7, 11) is 0. The lowest BCUT2D eigenvalue weighted by Crippen LogP contribution is -2.33. The summed E-state index contributed by atoms with van der Waals surface area (Å²) >= 11 is 6.25. The van der Waals surface area contributed by atoms with Crippen molar-refractivity contribution < 1.29 is 14.4 Å². The van der Waals surface area contributed by atoms with E-state index in [2.05, 4.69) is 10.6 Å². The minimum atomic E-state index is -0.576. The van der Waals surface area contributed by atoms with E-state index in [-0.39, 0.29) is 16.6 Å². The number of carbonyl (C=O) groups is 3. The maximum absolute atomic E-state index is 13.1. The zero-order valence-corrected chi connectivity index (χ0v) is 19.9. The number of amides is 3. The van der Waals surface area contributed by atoms with Crippen molar-refractivity contribution >= 4 is 46.4 Å². The largest absolute Gasteiger partial charge is 0.350 e. The van der Waals surface area contributed by atoms with E-state index in [4.69, 9.17) is 11.6 Å². The number of hydrogen-bond donors (Lipinski definition) is 2. The first-order valence-electron chi connectivity index (χ1n) is 10.9. The molecule has 34 heavy (non-hydrogen) atoms. The Morgan fingerprint density at radius 2 is 1.62 bits per heavy atom. The van der Waals surface area contributed by atoms with Gasteiger partial charge in [0.05, 0.1) is 5.69 Å². The van der Waals surface area contributed by atoms with E-state index in [1.807, 2.05) is 51.1 Å². The zero-order valence-electron chi connectivity index (χ0n) is 19.1. The number of para-hydroxylation sites is 1. The summed E-state index contributed by atoms with van der Waals surface area (Å²) in [4.78, 5) is 39.6. The van der Waals surface area contributed by atoms with Crippen LogP contribution in [-0.2, 0) is 16.0 Å². The first kappa shape index (κ1) is 23.3. The van der Waals surface area contributed by atoms with Crippen molar-refractivity contribution in [2.24, 2.45) is 0 Å². The Labute approximate surface area is 203 Å². The second-order valence-electron chi connectivity index (χ2n) is 8.02. The maximum Gasteiger partial charge on any atom is 0.283 e. The van der Waals surface area contributed by atoms with Gasteiger partial charge in [-0.05, 0) is 73.4 Å². The number of imide groups is 1. The van der Waals surface area contributed by atoms with Crippen LogP contribution in [0.4, 0.5) is 17.1 Å². The molecule has 3 amide bonds. The van der Waals surface area contributed by atoms with Crippen molar-refractivity contribution in [3.8, 4) is 0 Å². The van der Waals surface area contributed by atoms with Gasteiger partial charge in [-0.2, -0.15) is 0 Å². The summed E-state index contributed by atoms with van der Waals surface area (Å²) in [6, 6.07) is 19.7. The van der Waals surface area contributed by atoms with E-state index >= 15 is 0 Å². The molecule has 1 aliphatic rings. The summed E-state index contributed by atoms with van der Waals surface area (Å²) in [5, 5.41) is 5.69. The highest BCUT2D eigenvalue weighted by atomic mass is 35.5. The van der Waals surface area contributed by atoms with Crippen LogP contribution in [0.3, 0.4) is 0 Å². The van der Waals surface area contributed by atoms with Gasteiger partial charge in [-0.15, -0.1) is 0 Å². The molecule has 3 aromatic carbocycles. The molecule has 6 nitrogen and oxygen atoms in total. The number of rotatable bonds is 6. The molecule has 0 bridgehead atoms. The van der Waals surface area contributed by atoms with Crippen LogP contribution in [0.25, 0.3) is 0 Å². The monoisotopic (exact) mass is 473 g/mol. The molecule has 0 fully saturated rings. The number of carbonyl (C=O) groups excluding carboxylic acids is 3. The first-order valence-corrected chi connectivity index (χ1v) is 11.3. The van der Waals surface area contributed by atoms with Crippen LogP contribution in [-0.4, -0.2) is 17.7 Å². The highest BCUT2D eigenvalue weighted by molar-refractivity contribution is 6.53. The Kier molecular flexibility index (Phi) is 6.52. The van der Waals surface area contributed by atoms with Crippen molar-refractivity contribution in [2.75, 3.05) is 15.5 Å². The van der Waals surface area contributed by atoms with Crippen LogP contribution in [0.15, 0.2) is 77.5 Å². The topological polar surface area (TPSA) is 78.5 Å². The van der Waals surface area contributed by atoms with E-state index in [1.165, 1.54) is 0 Å². The minimum absolute atomic E-state index is 0.00153. The number of hydrogen-bond acceptors (Lipinski definition) is 4. The lowest BCUT2D eigenvalue weighted by Gasteiger charge is -2.18. The van der Waals surface area contributed by atoms with Gasteiger partial charge in [-0.3, -0.25) is 14.4 Å². The van der Waals surface area contributed by atoms with Crippen LogP contribution >= 0.6 is 11.6 Å². The van der Waals surface area contributed by atoms with E-state index in [0.29, 0.717) is 16.9 Å². The summed E-state index contributed by atoms with van der Waals surface area (Å²) in [5.74, 6) is -1.34. The highest BCUT2D eigenvalue weighted by Gasteiger charge is 2.39. The third kappa shape index (κ3) is 4.32. The molecule has 172 valence electrons. The lowest BCUT2D eigenvalue weighted by molar-refractivity contribution is -0.120. The molecule has 7 heteroatoms. The molecule has 0 unspecified atom stereocenters. The van der Waals surface area contributed by atoms with Crippen LogP contribution < -0.4 is 15.5 Å². The molecule has 0 saturated heterocycles. The molecule has 0 aromatic heterocycles. The van der Waals surface area contributed by atoms with Crippen LogP contribution in [0.2, 0.25) is 0 Å². The molecule has 0 atom stereocenters. The molecule has 0 radical (unpaired) electrons. The first-order chi connectivity index (χ1) is 16.3. The van der Waals surface area contributed by atoms with Crippen molar-refractivity contribution in [1.29, 1.82) is 0 Å². The fourth-order valence-electron chi connectivity index (χ4n) is 3.80. The Morgan fingerprint density at radius 3 is 2.32 bits per heavy atom. The molecule has 1 heterocycles. The Hall–Kier alpha value is -3.90. The number of nitrogens with one attached hydrogen (secondary N) is 2. The van der Waals surface area contributed by atoms with E-state index in [9.17, 15) is 14.4 Å². The third-order valence-corrected chi connectivity index (χ3v) is 6.26. The number of nitrogens with zero attached hydrogens (tertiary/aromatic N) is 1. The highest BCUT2D eigenvalue weighted by Crippen LogP contribution is 2.33. The van der Waals surface area contributed by atoms with Gasteiger partial charge in [0.25, 0.3) is 17.7 Å². The maximum atomic E-state index is 13.1. The van der Waals surface area contributed by atoms with E-state index in [0.717, 1.165) is 33.7 Å². The van der Waals surface area contributed by atoms with Crippen LogP contribution in [0.5, 0.6) is 0 Å². The third-order valence-electron chi connectivity index (χ3n) is 5.91. The molecule has 2 N–H and O–H groups in total. The van der Waals surface area contributed by atoms with Gasteiger partial charge in [0, 0.05) is 16.9 Å². The summed E-state index contributed by atoms with van der Waals surface area (Å²) in [5.41, 5.74) is 5.11. The summed E-state index contributed by atoms with van der Waals surface area (Å²) < 4.78 is 0. The molecule has 4 rings (SSSR count). The number of benzene rings is 3. The Morgan fingerprint density at radius 1 is 0.912 bits per heavy atom. The van der Waals surface area contributed by atoms with Crippen LogP contribution in [0, 0.1) is 13.8 Å². The molecular formula is C27H24ClN3O3. The quantitative estimate of drug-likeness (QED) is 0.460. The second kappa shape index (κ2) is 9.53. The summed E-state index contributed by atoms with van der Waals surface area (Å²) in [6.45, 7) is 5.80. The SMILES string of the molecule is CCc1ccccc1NC(=O)c1ccc(NC2=C(Cl)C(=O)N(c3cccc(C)c3C)C2=O)cc1. The van der Waals surface area contributed by atoms with E-state index < -0.39 is 11.8 Å². The van der Waals surface area contributed by atoms with Crippen molar-refractivity contribution in [1.82, 2.24) is 0 Å². The lowest BCUT2D eigenvalue weighted by atomic mass is 10.1. The normalized spacial score (nSPS) is 13.5. The van der Waals surface area contributed by atoms with Gasteiger partial charge in [0.15, 0.2) is 0 Å². The van der Waals surface area contributed by atoms with Gasteiger partial charge in [-0.1, -0.05) is 48.9 Å². The van der Waals surface area contributed by atoms with Crippen molar-refractivity contribution in [2.45, 2.75) is 27.2 Å². The van der Waals surface area contributed by atoms with Gasteiger partial charge >= 0.3 is 0 Å². The van der Waals surface area contributed by atoms with Gasteiger partial charge < -0.3 is 10.6 Å². The summed E-state index contributed by atoms with van der Waals surface area (Å²) in [6.07, 6.45) is 0.807. The zero-order chi connectivity index (χ0) is 24.4. The predicted octanol–water partition coefficient (Wildman–Crippen LogP) is 5.55. The average Bonchev–Trinajstić information content (AvgIpc) is 3.04. The number of anilines is 3. The predicted molar refractivity (Wildman–Crippen MR) is 135 cm³/mol.